The molecule has 2 rings (SSSR count). The van der Waals surface area contributed by atoms with E-state index in [1.54, 1.807) is 6.20 Å². The lowest BCUT2D eigenvalue weighted by molar-refractivity contribution is 0.936. The summed E-state index contributed by atoms with van der Waals surface area (Å²) >= 11 is 1.42. The van der Waals surface area contributed by atoms with E-state index in [1.807, 2.05) is 11.5 Å². The molecule has 2 heterocycles. The number of nitrogens with zero attached hydrogens (tertiary/aromatic N) is 3. The summed E-state index contributed by atoms with van der Waals surface area (Å²) in [6, 6.07) is 0. The summed E-state index contributed by atoms with van der Waals surface area (Å²) < 4.78 is 0. The van der Waals surface area contributed by atoms with E-state index in [0.717, 1.165) is 11.4 Å². The van der Waals surface area contributed by atoms with Gasteiger partial charge in [0.1, 0.15) is 11.4 Å². The van der Waals surface area contributed by atoms with Gasteiger partial charge in [-0.05, 0) is 23.4 Å². The van der Waals surface area contributed by atoms with Gasteiger partial charge in [0.25, 0.3) is 0 Å². The van der Waals surface area contributed by atoms with Crippen molar-refractivity contribution in [3.8, 4) is 0 Å². The normalized spacial score (nSPS) is 15.8. The molecule has 0 unspecified atom stereocenters. The van der Waals surface area contributed by atoms with Crippen molar-refractivity contribution in [2.24, 2.45) is 5.10 Å². The summed E-state index contributed by atoms with van der Waals surface area (Å²) in [6.45, 7) is 0. The lowest BCUT2D eigenvalue weighted by Gasteiger charge is -2.01. The summed E-state index contributed by atoms with van der Waals surface area (Å²) in [7, 11) is 0. The van der Waals surface area contributed by atoms with Crippen molar-refractivity contribution < 1.29 is 0 Å². The van der Waals surface area contributed by atoms with Crippen LogP contribution in [0.3, 0.4) is 0 Å². The van der Waals surface area contributed by atoms with Gasteiger partial charge in [0.05, 0.1) is 6.20 Å². The molecule has 0 fully saturated rings. The van der Waals surface area contributed by atoms with Crippen LogP contribution in [0.5, 0.6) is 0 Å². The number of hydrogen-bond acceptors (Lipinski definition) is 5. The SMILES string of the molecule is C1=CC(c2cn[nH]n2)=NNS1. The van der Waals surface area contributed by atoms with Gasteiger partial charge in [-0.1, -0.05) is 0 Å². The first-order valence-corrected chi connectivity index (χ1v) is 3.86. The number of hydrogen-bond donors (Lipinski definition) is 2. The minimum Gasteiger partial charge on any atom is -0.247 e. The van der Waals surface area contributed by atoms with Crippen LogP contribution in [-0.4, -0.2) is 21.1 Å². The number of aromatic amines is 1. The quantitative estimate of drug-likeness (QED) is 0.589. The van der Waals surface area contributed by atoms with Gasteiger partial charge in [-0.25, -0.2) is 4.83 Å². The number of rotatable bonds is 1. The third kappa shape index (κ3) is 1.25. The van der Waals surface area contributed by atoms with Crippen molar-refractivity contribution in [3.05, 3.63) is 23.4 Å². The predicted octanol–water partition coefficient (Wildman–Crippen LogP) is 0.274. The molecule has 2 N–H and O–H groups in total. The molecule has 0 bridgehead atoms. The Hall–Kier alpha value is -1.30. The Kier molecular flexibility index (Phi) is 1.60. The molecule has 0 atom stereocenters. The molecule has 56 valence electrons. The number of aromatic nitrogens is 3. The van der Waals surface area contributed by atoms with Crippen molar-refractivity contribution in [2.45, 2.75) is 0 Å². The maximum Gasteiger partial charge on any atom is 0.133 e. The van der Waals surface area contributed by atoms with Gasteiger partial charge in [-0.15, -0.1) is 0 Å². The lowest BCUT2D eigenvalue weighted by atomic mass is 10.3. The van der Waals surface area contributed by atoms with E-state index < -0.39 is 0 Å². The molecule has 1 aromatic heterocycles. The fourth-order valence-corrected chi connectivity index (χ4v) is 1.12. The zero-order chi connectivity index (χ0) is 7.52. The molecule has 0 aliphatic carbocycles. The van der Waals surface area contributed by atoms with Crippen LogP contribution in [0.4, 0.5) is 0 Å². The molecule has 6 heteroatoms. The zero-order valence-corrected chi connectivity index (χ0v) is 6.30. The van der Waals surface area contributed by atoms with Crippen LogP contribution in [0.15, 0.2) is 22.8 Å². The molecule has 5 nitrogen and oxygen atoms in total. The molecular formula is C5H5N5S. The van der Waals surface area contributed by atoms with Crippen molar-refractivity contribution >= 4 is 17.7 Å². The average Bonchev–Trinajstić information content (AvgIpc) is 2.58. The van der Waals surface area contributed by atoms with Gasteiger partial charge in [-0.2, -0.15) is 20.5 Å². The predicted molar refractivity (Wildman–Crippen MR) is 42.8 cm³/mol. The Bertz CT molecular complexity index is 288. The Morgan fingerprint density at radius 3 is 3.09 bits per heavy atom. The Morgan fingerprint density at radius 2 is 2.45 bits per heavy atom. The molecule has 1 aliphatic heterocycles. The van der Waals surface area contributed by atoms with Gasteiger partial charge in [0, 0.05) is 0 Å². The molecule has 1 aromatic rings. The number of allylic oxidation sites excluding steroid dienone is 1. The molecule has 0 amide bonds. The maximum absolute atomic E-state index is 3.99. The van der Waals surface area contributed by atoms with E-state index in [-0.39, 0.29) is 0 Å². The van der Waals surface area contributed by atoms with Gasteiger partial charge in [0.15, 0.2) is 0 Å². The van der Waals surface area contributed by atoms with Gasteiger partial charge in [-0.3, -0.25) is 0 Å². The van der Waals surface area contributed by atoms with Crippen molar-refractivity contribution in [2.75, 3.05) is 0 Å². The Morgan fingerprint density at radius 1 is 1.45 bits per heavy atom. The molecule has 0 saturated heterocycles. The van der Waals surface area contributed by atoms with Crippen LogP contribution in [0.1, 0.15) is 5.69 Å². The molecule has 0 radical (unpaired) electrons. The van der Waals surface area contributed by atoms with E-state index >= 15 is 0 Å². The minimum atomic E-state index is 0.744. The number of H-pyrrole nitrogens is 1. The first-order chi connectivity index (χ1) is 5.47. The van der Waals surface area contributed by atoms with Crippen LogP contribution < -0.4 is 4.83 Å². The monoisotopic (exact) mass is 167 g/mol. The van der Waals surface area contributed by atoms with E-state index in [1.165, 1.54) is 11.9 Å². The maximum atomic E-state index is 3.99. The molecule has 1 aliphatic rings. The third-order valence-electron chi connectivity index (χ3n) is 1.19. The summed E-state index contributed by atoms with van der Waals surface area (Å²) in [4.78, 5) is 2.76. The van der Waals surface area contributed by atoms with Crippen LogP contribution in [-0.2, 0) is 0 Å². The zero-order valence-electron chi connectivity index (χ0n) is 5.48. The molecular weight excluding hydrogens is 162 g/mol. The number of hydrazone groups is 1. The van der Waals surface area contributed by atoms with E-state index in [0.29, 0.717) is 0 Å². The van der Waals surface area contributed by atoms with Crippen LogP contribution in [0.25, 0.3) is 0 Å². The fourth-order valence-electron chi connectivity index (χ4n) is 0.709. The van der Waals surface area contributed by atoms with Crippen LogP contribution >= 0.6 is 11.9 Å². The van der Waals surface area contributed by atoms with Crippen molar-refractivity contribution in [1.29, 1.82) is 0 Å². The Labute approximate surface area is 67.1 Å². The summed E-state index contributed by atoms with van der Waals surface area (Å²) in [5.41, 5.74) is 1.53. The van der Waals surface area contributed by atoms with Crippen LogP contribution in [0.2, 0.25) is 0 Å². The highest BCUT2D eigenvalue weighted by Crippen LogP contribution is 2.05. The van der Waals surface area contributed by atoms with E-state index in [4.69, 9.17) is 0 Å². The molecule has 0 spiro atoms. The molecule has 11 heavy (non-hydrogen) atoms. The summed E-state index contributed by atoms with van der Waals surface area (Å²) in [5.74, 6) is 0. The summed E-state index contributed by atoms with van der Waals surface area (Å²) in [6.07, 6.45) is 3.50. The second-order valence-corrected chi connectivity index (χ2v) is 2.55. The first-order valence-electron chi connectivity index (χ1n) is 2.98. The Balaban J connectivity index is 2.29. The molecule has 0 saturated carbocycles. The van der Waals surface area contributed by atoms with E-state index in [9.17, 15) is 0 Å². The third-order valence-corrected chi connectivity index (χ3v) is 1.66. The largest absolute Gasteiger partial charge is 0.247 e. The lowest BCUT2D eigenvalue weighted by Crippen LogP contribution is -2.06. The summed E-state index contributed by atoms with van der Waals surface area (Å²) in [5, 5.41) is 16.0. The highest BCUT2D eigenvalue weighted by Gasteiger charge is 2.04. The van der Waals surface area contributed by atoms with E-state index in [2.05, 4.69) is 25.3 Å². The van der Waals surface area contributed by atoms with Gasteiger partial charge in [0.2, 0.25) is 0 Å². The van der Waals surface area contributed by atoms with Crippen molar-refractivity contribution in [3.63, 3.8) is 0 Å². The van der Waals surface area contributed by atoms with Gasteiger partial charge >= 0.3 is 0 Å². The average molecular weight is 167 g/mol. The second-order valence-electron chi connectivity index (χ2n) is 1.86. The highest BCUT2D eigenvalue weighted by atomic mass is 32.2. The number of nitrogens with one attached hydrogen (secondary N) is 2. The molecule has 0 aromatic carbocycles. The minimum absolute atomic E-state index is 0.744. The topological polar surface area (TPSA) is 66.0 Å². The van der Waals surface area contributed by atoms with Crippen LogP contribution in [0, 0.1) is 0 Å². The van der Waals surface area contributed by atoms with Crippen molar-refractivity contribution in [1.82, 2.24) is 20.2 Å². The first kappa shape index (κ1) is 6.41. The fraction of sp³-hybridized carbons (Fsp3) is 0. The second kappa shape index (κ2) is 2.75. The van der Waals surface area contributed by atoms with Gasteiger partial charge < -0.3 is 0 Å². The smallest absolute Gasteiger partial charge is 0.133 e. The highest BCUT2D eigenvalue weighted by molar-refractivity contribution is 8.00. The standard InChI is InChI=1S/C5H5N5S/c1-2-11-10-8-4(1)5-3-6-9-7-5/h1-3,10H,(H,6,7,9).